The molecule has 1 aliphatic heterocycles. The van der Waals surface area contributed by atoms with Crippen molar-refractivity contribution < 1.29 is 28.7 Å². The summed E-state index contributed by atoms with van der Waals surface area (Å²) in [5, 5.41) is 15.5. The van der Waals surface area contributed by atoms with Gasteiger partial charge in [-0.3, -0.25) is 14.8 Å². The van der Waals surface area contributed by atoms with Crippen molar-refractivity contribution in [1.82, 2.24) is 46.0 Å². The number of nitrogens with one attached hydrogen (secondary N) is 5. The van der Waals surface area contributed by atoms with Crippen LogP contribution in [0.2, 0.25) is 0 Å². The molecule has 0 aliphatic carbocycles. The molecule has 0 radical (unpaired) electrons. The highest BCUT2D eigenvalue weighted by Crippen LogP contribution is 2.29. The van der Waals surface area contributed by atoms with E-state index in [-0.39, 0.29) is 12.5 Å². The standard InChI is InChI=1S/C41H46N8O3.C7H13NO3.C6H6/c1-41(2,3)52-40(51)45-36(31-11-6-5-7-12-31)39(50)42-25-9-8-14-35-43-27-33(44-35)30-21-17-28(18-22-30)15-16-29-19-23-32(24-20-29)37-46-38(48-47-37)34-13-10-26-49(34)4;1-7(2,3)11-6(10)8-4-5-9;1-2-4-6-5-3-1/h5-7,11-12,17-24,27,34,36H,8-10,13-14,25-26H2,1-4H3,(H,42,50)(H,43,44)(H,45,51)(H,46,47,48);5H,4H2,1-3H3,(H,8,10);1-6H. The van der Waals surface area contributed by atoms with E-state index in [0.717, 1.165) is 71.8 Å². The number of H-pyrrole nitrogens is 2. The van der Waals surface area contributed by atoms with Gasteiger partial charge in [-0.15, -0.1) is 0 Å². The van der Waals surface area contributed by atoms with Gasteiger partial charge < -0.3 is 35.2 Å². The van der Waals surface area contributed by atoms with Gasteiger partial charge in [-0.2, -0.15) is 5.10 Å². The SMILES string of the molecule is CC(C)(C)OC(=O)NCC=O.CN1CCCC1c1nc(-c2ccc(C#Cc3ccc(-c4cnc(CCCCNC(=O)C(NC(=O)OC(C)(C)C)c5ccccc5)[nH]4)cc3)cc2)n[nH]1.c1ccccc1. The van der Waals surface area contributed by atoms with E-state index in [2.05, 4.69) is 59.9 Å². The normalized spacial score (nSPS) is 13.7. The smallest absolute Gasteiger partial charge is 0.408 e. The van der Waals surface area contributed by atoms with Crippen molar-refractivity contribution in [2.45, 2.75) is 96.9 Å². The zero-order valence-electron chi connectivity index (χ0n) is 40.7. The molecule has 5 N–H and O–H groups in total. The van der Waals surface area contributed by atoms with Gasteiger partial charge in [0.05, 0.1) is 24.5 Å². The molecule has 15 nitrogen and oxygen atoms in total. The summed E-state index contributed by atoms with van der Waals surface area (Å²) in [6.07, 6.45) is 5.85. The summed E-state index contributed by atoms with van der Waals surface area (Å²) in [7, 11) is 2.13. The Morgan fingerprint density at radius 2 is 1.36 bits per heavy atom. The number of rotatable bonds is 13. The first-order chi connectivity index (χ1) is 33.1. The van der Waals surface area contributed by atoms with E-state index in [1.54, 1.807) is 41.5 Å². The third-order valence-electron chi connectivity index (χ3n) is 10.2. The fraction of sp³-hybridized carbons (Fsp3) is 0.352. The maximum absolute atomic E-state index is 13.1. The predicted octanol–water partition coefficient (Wildman–Crippen LogP) is 9.13. The molecular formula is C54H65N9O6. The van der Waals surface area contributed by atoms with Gasteiger partial charge in [0.25, 0.3) is 0 Å². The minimum Gasteiger partial charge on any atom is -0.444 e. The number of nitrogens with zero attached hydrogens (tertiary/aromatic N) is 4. The predicted molar refractivity (Wildman–Crippen MR) is 268 cm³/mol. The number of aromatic amines is 2. The van der Waals surface area contributed by atoms with E-state index in [4.69, 9.17) is 14.5 Å². The highest BCUT2D eigenvalue weighted by molar-refractivity contribution is 5.87. The van der Waals surface area contributed by atoms with Gasteiger partial charge in [0, 0.05) is 29.7 Å². The van der Waals surface area contributed by atoms with Crippen LogP contribution < -0.4 is 16.0 Å². The fourth-order valence-corrected chi connectivity index (χ4v) is 6.95. The van der Waals surface area contributed by atoms with E-state index in [9.17, 15) is 19.2 Å². The minimum atomic E-state index is -0.851. The summed E-state index contributed by atoms with van der Waals surface area (Å²) < 4.78 is 10.2. The molecule has 3 heterocycles. The van der Waals surface area contributed by atoms with Gasteiger partial charge in [0.15, 0.2) is 5.82 Å². The molecule has 1 aliphatic rings. The molecule has 2 aromatic heterocycles. The molecule has 1 saturated heterocycles. The summed E-state index contributed by atoms with van der Waals surface area (Å²) in [6, 6.07) is 36.7. The molecule has 0 saturated carbocycles. The summed E-state index contributed by atoms with van der Waals surface area (Å²) in [5.74, 6) is 8.75. The lowest BCUT2D eigenvalue weighted by Gasteiger charge is -2.23. The average Bonchev–Trinajstić information content (AvgIpc) is 4.12. The van der Waals surface area contributed by atoms with Crippen LogP contribution in [0.15, 0.2) is 121 Å². The van der Waals surface area contributed by atoms with Crippen LogP contribution in [0.4, 0.5) is 9.59 Å². The van der Waals surface area contributed by atoms with E-state index < -0.39 is 29.4 Å². The van der Waals surface area contributed by atoms with Crippen molar-refractivity contribution in [1.29, 1.82) is 0 Å². The van der Waals surface area contributed by atoms with Crippen molar-refractivity contribution in [3.05, 3.63) is 150 Å². The highest BCUT2D eigenvalue weighted by atomic mass is 16.6. The first kappa shape index (κ1) is 52.4. The van der Waals surface area contributed by atoms with E-state index in [0.29, 0.717) is 30.3 Å². The highest BCUT2D eigenvalue weighted by Gasteiger charge is 2.27. The second-order valence-corrected chi connectivity index (χ2v) is 18.3. The number of likely N-dealkylation sites (tertiary alicyclic amines) is 1. The lowest BCUT2D eigenvalue weighted by Crippen LogP contribution is -2.42. The van der Waals surface area contributed by atoms with Crippen LogP contribution in [0, 0.1) is 11.8 Å². The Morgan fingerprint density at radius 3 is 1.93 bits per heavy atom. The maximum Gasteiger partial charge on any atom is 0.408 e. The topological polar surface area (TPSA) is 196 Å². The van der Waals surface area contributed by atoms with Crippen molar-refractivity contribution in [3.63, 3.8) is 0 Å². The average molecular weight is 936 g/mol. The minimum absolute atomic E-state index is 0.00505. The number of unbranched alkanes of at least 4 members (excludes halogenated alkanes) is 1. The van der Waals surface area contributed by atoms with Crippen LogP contribution >= 0.6 is 0 Å². The molecule has 69 heavy (non-hydrogen) atoms. The Bertz CT molecular complexity index is 2540. The van der Waals surface area contributed by atoms with Crippen LogP contribution in [0.1, 0.15) is 108 Å². The Labute approximate surface area is 405 Å². The molecule has 15 heteroatoms. The Balaban J connectivity index is 0.000000441. The second-order valence-electron chi connectivity index (χ2n) is 18.3. The van der Waals surface area contributed by atoms with Crippen LogP contribution in [0.25, 0.3) is 22.6 Å². The van der Waals surface area contributed by atoms with Gasteiger partial charge >= 0.3 is 12.2 Å². The number of benzene rings is 4. The molecule has 6 aromatic rings. The van der Waals surface area contributed by atoms with E-state index in [1.807, 2.05) is 121 Å². The van der Waals surface area contributed by atoms with Crippen molar-refractivity contribution in [3.8, 4) is 34.5 Å². The number of alkyl carbamates (subject to hydrolysis) is 2. The second kappa shape index (κ2) is 26.1. The fourth-order valence-electron chi connectivity index (χ4n) is 6.95. The number of carbonyl (C=O) groups excluding carboxylic acids is 4. The molecule has 4 aromatic carbocycles. The summed E-state index contributed by atoms with van der Waals surface area (Å²) in [5.41, 5.74) is 4.28. The van der Waals surface area contributed by atoms with Crippen LogP contribution in [0.5, 0.6) is 0 Å². The summed E-state index contributed by atoms with van der Waals surface area (Å²) >= 11 is 0. The molecule has 0 bridgehead atoms. The number of aryl methyl sites for hydroxylation is 1. The zero-order chi connectivity index (χ0) is 49.7. The molecule has 1 fully saturated rings. The summed E-state index contributed by atoms with van der Waals surface area (Å²) in [6.45, 7) is 12.2. The van der Waals surface area contributed by atoms with Gasteiger partial charge in [-0.25, -0.2) is 19.6 Å². The lowest BCUT2D eigenvalue weighted by molar-refractivity contribution is -0.123. The largest absolute Gasteiger partial charge is 0.444 e. The molecule has 2 atom stereocenters. The number of hydrogen-bond acceptors (Lipinski definition) is 10. The molecule has 0 spiro atoms. The quantitative estimate of drug-likeness (QED) is 0.0423. The molecular weight excluding hydrogens is 871 g/mol. The Hall–Kier alpha value is -7.57. The first-order valence-electron chi connectivity index (χ1n) is 23.2. The molecule has 7 rings (SSSR count). The molecule has 2 unspecified atom stereocenters. The van der Waals surface area contributed by atoms with Gasteiger partial charge in [-0.05, 0) is 128 Å². The number of hydrogen-bond donors (Lipinski definition) is 5. The monoisotopic (exact) mass is 936 g/mol. The first-order valence-corrected chi connectivity index (χ1v) is 23.2. The van der Waals surface area contributed by atoms with Crippen molar-refractivity contribution in [2.75, 3.05) is 26.7 Å². The number of aromatic nitrogens is 5. The van der Waals surface area contributed by atoms with Crippen LogP contribution in [-0.2, 0) is 25.5 Å². The lowest BCUT2D eigenvalue weighted by atomic mass is 10.1. The maximum atomic E-state index is 13.1. The van der Waals surface area contributed by atoms with Crippen LogP contribution in [-0.4, -0.2) is 92.3 Å². The number of amides is 3. The third-order valence-corrected chi connectivity index (χ3v) is 10.2. The van der Waals surface area contributed by atoms with Crippen molar-refractivity contribution in [2.24, 2.45) is 0 Å². The van der Waals surface area contributed by atoms with Gasteiger partial charge in [0.2, 0.25) is 5.91 Å². The molecule has 362 valence electrons. The zero-order valence-corrected chi connectivity index (χ0v) is 40.7. The Kier molecular flexibility index (Phi) is 19.8. The number of carbonyl (C=O) groups is 4. The van der Waals surface area contributed by atoms with E-state index >= 15 is 0 Å². The third kappa shape index (κ3) is 18.6. The van der Waals surface area contributed by atoms with Gasteiger partial charge in [-0.1, -0.05) is 90.7 Å². The number of ether oxygens (including phenoxy) is 2. The number of imidazole rings is 1. The number of aldehydes is 1. The van der Waals surface area contributed by atoms with E-state index in [1.165, 1.54) is 6.42 Å². The van der Waals surface area contributed by atoms with Crippen LogP contribution in [0.3, 0.4) is 0 Å². The van der Waals surface area contributed by atoms with Crippen molar-refractivity contribution >= 4 is 24.4 Å². The summed E-state index contributed by atoms with van der Waals surface area (Å²) in [4.78, 5) is 61.1. The Morgan fingerprint density at radius 1 is 0.783 bits per heavy atom. The molecule has 3 amide bonds. The van der Waals surface area contributed by atoms with Gasteiger partial charge in [0.1, 0.15) is 35.2 Å².